The molecule has 0 amide bonds. The summed E-state index contributed by atoms with van der Waals surface area (Å²) in [5.41, 5.74) is 7.66. The molecule has 0 aliphatic carbocycles. The van der Waals surface area contributed by atoms with Crippen molar-refractivity contribution in [2.45, 2.75) is 19.0 Å². The Labute approximate surface area is 120 Å². The normalized spacial score (nSPS) is 20.2. The van der Waals surface area contributed by atoms with Crippen LogP contribution >= 0.6 is 12.4 Å². The van der Waals surface area contributed by atoms with Crippen LogP contribution in [-0.2, 0) is 16.6 Å². The molecule has 19 heavy (non-hydrogen) atoms. The first-order chi connectivity index (χ1) is 8.42. The number of halogens is 1. The summed E-state index contributed by atoms with van der Waals surface area (Å²) in [6.07, 6.45) is 2.06. The summed E-state index contributed by atoms with van der Waals surface area (Å²) in [7, 11) is -3.11. The molecule has 1 aliphatic rings. The molecular weight excluding hydrogens is 286 g/mol. The van der Waals surface area contributed by atoms with Crippen LogP contribution in [0.1, 0.15) is 12.0 Å². The van der Waals surface area contributed by atoms with E-state index in [1.165, 1.54) is 6.26 Å². The van der Waals surface area contributed by atoms with Gasteiger partial charge in [0.25, 0.3) is 0 Å². The van der Waals surface area contributed by atoms with Crippen LogP contribution in [0.25, 0.3) is 0 Å². The highest BCUT2D eigenvalue weighted by Gasteiger charge is 2.24. The third kappa shape index (κ3) is 5.36. The van der Waals surface area contributed by atoms with Gasteiger partial charge in [-0.1, -0.05) is 12.1 Å². The highest BCUT2D eigenvalue weighted by atomic mass is 35.5. The fraction of sp³-hybridized carbons (Fsp3) is 0.500. The molecule has 2 rings (SSSR count). The number of nitrogens with zero attached hydrogens (tertiary/aromatic N) is 1. The maximum atomic E-state index is 11.2. The number of nitrogens with two attached hydrogens (primary N) is 1. The van der Waals surface area contributed by atoms with Gasteiger partial charge in [0.05, 0.1) is 6.26 Å². The van der Waals surface area contributed by atoms with Crippen LogP contribution in [0.5, 0.6) is 0 Å². The lowest BCUT2D eigenvalue weighted by Gasteiger charge is -2.16. The third-order valence-corrected chi connectivity index (χ3v) is 3.77. The van der Waals surface area contributed by atoms with Crippen molar-refractivity contribution in [1.29, 1.82) is 0 Å². The second kappa shape index (κ2) is 6.56. The molecule has 1 aromatic carbocycles. The molecule has 0 aromatic heterocycles. The van der Waals surface area contributed by atoms with Gasteiger partial charge in [-0.15, -0.1) is 12.4 Å². The molecule has 0 saturated carbocycles. The van der Waals surface area contributed by atoms with Crippen molar-refractivity contribution in [3.05, 3.63) is 29.8 Å². The van der Waals surface area contributed by atoms with Gasteiger partial charge in [-0.3, -0.25) is 4.90 Å². The maximum Gasteiger partial charge on any atom is 0.208 e. The van der Waals surface area contributed by atoms with E-state index in [1.807, 2.05) is 24.3 Å². The van der Waals surface area contributed by atoms with Crippen LogP contribution in [0.4, 0.5) is 5.69 Å². The van der Waals surface area contributed by atoms with Gasteiger partial charge in [0.1, 0.15) is 0 Å². The Morgan fingerprint density at radius 2 is 2.21 bits per heavy atom. The van der Waals surface area contributed by atoms with Crippen LogP contribution in [0.2, 0.25) is 0 Å². The summed E-state index contributed by atoms with van der Waals surface area (Å²) in [6.45, 7) is 2.47. The van der Waals surface area contributed by atoms with Crippen molar-refractivity contribution in [3.8, 4) is 0 Å². The molecule has 5 nitrogen and oxygen atoms in total. The van der Waals surface area contributed by atoms with E-state index in [9.17, 15) is 8.42 Å². The second-order valence-corrected chi connectivity index (χ2v) is 6.64. The summed E-state index contributed by atoms with van der Waals surface area (Å²) < 4.78 is 25.0. The molecule has 1 aromatic rings. The first kappa shape index (κ1) is 16.2. The van der Waals surface area contributed by atoms with Crippen molar-refractivity contribution in [3.63, 3.8) is 0 Å². The largest absolute Gasteiger partial charge is 0.399 e. The average Bonchev–Trinajstić information content (AvgIpc) is 2.62. The van der Waals surface area contributed by atoms with Gasteiger partial charge < -0.3 is 5.73 Å². The molecule has 0 radical (unpaired) electrons. The van der Waals surface area contributed by atoms with Gasteiger partial charge in [0.2, 0.25) is 10.0 Å². The van der Waals surface area contributed by atoms with Gasteiger partial charge in [0, 0.05) is 31.4 Å². The highest BCUT2D eigenvalue weighted by molar-refractivity contribution is 7.88. The molecule has 1 fully saturated rings. The second-order valence-electron chi connectivity index (χ2n) is 4.86. The Morgan fingerprint density at radius 1 is 1.47 bits per heavy atom. The number of anilines is 1. The fourth-order valence-electron chi connectivity index (χ4n) is 2.32. The predicted molar refractivity (Wildman–Crippen MR) is 79.8 cm³/mol. The van der Waals surface area contributed by atoms with Gasteiger partial charge in [-0.05, 0) is 24.1 Å². The van der Waals surface area contributed by atoms with E-state index in [2.05, 4.69) is 9.62 Å². The fourth-order valence-corrected chi connectivity index (χ4v) is 3.12. The molecule has 7 heteroatoms. The number of hydrogen-bond donors (Lipinski definition) is 2. The zero-order valence-corrected chi connectivity index (χ0v) is 12.5. The minimum absolute atomic E-state index is 0. The van der Waals surface area contributed by atoms with E-state index in [0.29, 0.717) is 0 Å². The lowest BCUT2D eigenvalue weighted by molar-refractivity contribution is 0.325. The van der Waals surface area contributed by atoms with Gasteiger partial charge in [-0.25, -0.2) is 13.1 Å². The van der Waals surface area contributed by atoms with Crippen LogP contribution < -0.4 is 10.5 Å². The zero-order chi connectivity index (χ0) is 13.2. The van der Waals surface area contributed by atoms with E-state index in [-0.39, 0.29) is 18.4 Å². The first-order valence-electron chi connectivity index (χ1n) is 5.96. The monoisotopic (exact) mass is 305 g/mol. The molecule has 0 bridgehead atoms. The lowest BCUT2D eigenvalue weighted by Crippen LogP contribution is -2.36. The van der Waals surface area contributed by atoms with E-state index in [0.717, 1.165) is 37.3 Å². The molecule has 3 N–H and O–H groups in total. The van der Waals surface area contributed by atoms with Gasteiger partial charge in [-0.2, -0.15) is 0 Å². The summed E-state index contributed by atoms with van der Waals surface area (Å²) >= 11 is 0. The predicted octanol–water partition coefficient (Wildman–Crippen LogP) is 0.814. The van der Waals surface area contributed by atoms with E-state index in [1.54, 1.807) is 0 Å². The Hall–Kier alpha value is -0.820. The van der Waals surface area contributed by atoms with Gasteiger partial charge in [0.15, 0.2) is 0 Å². The van der Waals surface area contributed by atoms with Gasteiger partial charge >= 0.3 is 0 Å². The molecule has 108 valence electrons. The van der Waals surface area contributed by atoms with Crippen molar-refractivity contribution in [2.75, 3.05) is 25.1 Å². The van der Waals surface area contributed by atoms with Crippen molar-refractivity contribution in [2.24, 2.45) is 0 Å². The molecule has 0 spiro atoms. The Bertz CT molecular complexity index is 521. The minimum Gasteiger partial charge on any atom is -0.399 e. The minimum atomic E-state index is -3.11. The number of sulfonamides is 1. The van der Waals surface area contributed by atoms with Crippen LogP contribution in [0, 0.1) is 0 Å². The summed E-state index contributed by atoms with van der Waals surface area (Å²) in [5.74, 6) is 0. The van der Waals surface area contributed by atoms with Crippen molar-refractivity contribution >= 4 is 28.1 Å². The highest BCUT2D eigenvalue weighted by Crippen LogP contribution is 2.15. The standard InChI is InChI=1S/C12H19N3O2S.ClH/c1-18(16,17)14-12-5-6-15(9-12)8-10-3-2-4-11(13)7-10;/h2-4,7,12,14H,5-6,8-9,13H2,1H3;1H. The summed E-state index contributed by atoms with van der Waals surface area (Å²) in [4.78, 5) is 2.23. The maximum absolute atomic E-state index is 11.2. The Kier molecular flexibility index (Phi) is 5.61. The van der Waals surface area contributed by atoms with E-state index < -0.39 is 10.0 Å². The lowest BCUT2D eigenvalue weighted by atomic mass is 10.2. The molecule has 1 saturated heterocycles. The van der Waals surface area contributed by atoms with E-state index in [4.69, 9.17) is 5.73 Å². The zero-order valence-electron chi connectivity index (χ0n) is 10.9. The molecule has 1 unspecified atom stereocenters. The Morgan fingerprint density at radius 3 is 2.84 bits per heavy atom. The number of rotatable bonds is 4. The molecule has 1 aliphatic heterocycles. The van der Waals surface area contributed by atoms with Crippen molar-refractivity contribution < 1.29 is 8.42 Å². The third-order valence-electron chi connectivity index (χ3n) is 3.01. The van der Waals surface area contributed by atoms with Crippen LogP contribution in [0.3, 0.4) is 0 Å². The first-order valence-corrected chi connectivity index (χ1v) is 7.85. The topological polar surface area (TPSA) is 75.4 Å². The number of nitrogen functional groups attached to an aromatic ring is 1. The van der Waals surface area contributed by atoms with Crippen molar-refractivity contribution in [1.82, 2.24) is 9.62 Å². The average molecular weight is 306 g/mol. The Balaban J connectivity index is 0.00000180. The van der Waals surface area contributed by atoms with Crippen LogP contribution in [0.15, 0.2) is 24.3 Å². The molecule has 1 heterocycles. The number of nitrogens with one attached hydrogen (secondary N) is 1. The SMILES string of the molecule is CS(=O)(=O)NC1CCN(Cc2cccc(N)c2)C1.Cl. The number of hydrogen-bond acceptors (Lipinski definition) is 4. The number of benzene rings is 1. The smallest absolute Gasteiger partial charge is 0.208 e. The number of likely N-dealkylation sites (tertiary alicyclic amines) is 1. The quantitative estimate of drug-likeness (QED) is 0.807. The molecular formula is C12H20ClN3O2S. The van der Waals surface area contributed by atoms with Crippen LogP contribution in [-0.4, -0.2) is 38.7 Å². The summed E-state index contributed by atoms with van der Waals surface area (Å²) in [6, 6.07) is 7.82. The molecule has 1 atom stereocenters. The van der Waals surface area contributed by atoms with E-state index >= 15 is 0 Å². The summed E-state index contributed by atoms with van der Waals surface area (Å²) in [5, 5.41) is 0.